The van der Waals surface area contributed by atoms with Crippen molar-refractivity contribution in [2.24, 2.45) is 0 Å². The maximum absolute atomic E-state index is 13.0. The van der Waals surface area contributed by atoms with E-state index in [4.69, 9.17) is 0 Å². The summed E-state index contributed by atoms with van der Waals surface area (Å²) >= 11 is 1.03. The number of carbonyl (C=O) groups is 2. The number of sulfone groups is 1. The van der Waals surface area contributed by atoms with Crippen molar-refractivity contribution >= 4 is 44.0 Å². The molecule has 0 aliphatic rings. The average molecular weight is 577 g/mol. The van der Waals surface area contributed by atoms with Crippen LogP contribution >= 0.6 is 11.8 Å². The molecule has 0 spiro atoms. The van der Waals surface area contributed by atoms with Crippen molar-refractivity contribution in [1.82, 2.24) is 0 Å². The number of aromatic nitrogens is 1. The molecule has 1 heterocycles. The zero-order valence-electron chi connectivity index (χ0n) is 21.3. The molecule has 0 aliphatic carbocycles. The molecule has 0 radical (unpaired) electrons. The van der Waals surface area contributed by atoms with Crippen LogP contribution in [0.15, 0.2) is 118 Å². The summed E-state index contributed by atoms with van der Waals surface area (Å²) in [7, 11) is -3.90. The summed E-state index contributed by atoms with van der Waals surface area (Å²) in [6.07, 6.45) is 5.95. The van der Waals surface area contributed by atoms with Gasteiger partial charge in [-0.2, -0.15) is 0 Å². The maximum Gasteiger partial charge on any atom is 0.269 e. The molecule has 1 aromatic heterocycles. The van der Waals surface area contributed by atoms with Gasteiger partial charge in [-0.05, 0) is 55.0 Å². The summed E-state index contributed by atoms with van der Waals surface area (Å²) < 4.78 is 27.8. The molecule has 4 rings (SSSR count). The number of rotatable bonds is 11. The fourth-order valence-electron chi connectivity index (χ4n) is 3.86. The number of hydrogen-bond donors (Lipinski definition) is 1. The lowest BCUT2D eigenvalue weighted by molar-refractivity contribution is -0.697. The van der Waals surface area contributed by atoms with Crippen molar-refractivity contribution in [2.45, 2.75) is 40.5 Å². The molecule has 0 saturated carbocycles. The van der Waals surface area contributed by atoms with Crippen molar-refractivity contribution in [3.8, 4) is 0 Å². The number of nitro benzene ring substituents is 1. The molecule has 11 heteroatoms. The Hall–Kier alpha value is -4.35. The second-order valence-corrected chi connectivity index (χ2v) is 11.8. The topological polar surface area (TPSA) is 127 Å². The number of aryl methyl sites for hydroxylation is 1. The summed E-state index contributed by atoms with van der Waals surface area (Å²) in [5.41, 5.74) is 0.500. The third kappa shape index (κ3) is 7.39. The average Bonchev–Trinajstić information content (AvgIpc) is 2.96. The van der Waals surface area contributed by atoms with Crippen LogP contribution in [0.25, 0.3) is 0 Å². The molecule has 40 heavy (non-hydrogen) atoms. The van der Waals surface area contributed by atoms with Crippen LogP contribution in [0.2, 0.25) is 0 Å². The fraction of sp³-hybridized carbons (Fsp3) is 0.138. The Labute approximate surface area is 235 Å². The highest BCUT2D eigenvalue weighted by molar-refractivity contribution is 8.13. The van der Waals surface area contributed by atoms with E-state index < -0.39 is 20.7 Å². The van der Waals surface area contributed by atoms with Crippen molar-refractivity contribution in [1.29, 1.82) is 0 Å². The molecule has 4 aromatic rings. The molecule has 0 bridgehead atoms. The predicted molar refractivity (Wildman–Crippen MR) is 151 cm³/mol. The minimum absolute atomic E-state index is 0.0217. The number of hydrogen-bond acceptors (Lipinski definition) is 7. The van der Waals surface area contributed by atoms with Gasteiger partial charge in [0.25, 0.3) is 11.6 Å². The number of anilines is 1. The van der Waals surface area contributed by atoms with E-state index >= 15 is 0 Å². The lowest BCUT2D eigenvalue weighted by Crippen LogP contribution is -2.32. The van der Waals surface area contributed by atoms with Crippen molar-refractivity contribution in [3.63, 3.8) is 0 Å². The number of amides is 1. The van der Waals surface area contributed by atoms with Gasteiger partial charge in [-0.3, -0.25) is 19.7 Å². The Morgan fingerprint density at radius 3 is 2.10 bits per heavy atom. The van der Waals surface area contributed by atoms with E-state index in [1.165, 1.54) is 36.4 Å². The summed E-state index contributed by atoms with van der Waals surface area (Å²) in [5.74, 6) is -0.428. The van der Waals surface area contributed by atoms with Gasteiger partial charge in [-0.15, -0.1) is 0 Å². The molecule has 204 valence electrons. The summed E-state index contributed by atoms with van der Waals surface area (Å²) in [6, 6.07) is 22.9. The predicted octanol–water partition coefficient (Wildman–Crippen LogP) is 5.46. The quantitative estimate of drug-likeness (QED) is 0.0826. The Bertz CT molecular complexity index is 1610. The van der Waals surface area contributed by atoms with Crippen LogP contribution in [-0.4, -0.2) is 24.4 Å². The minimum atomic E-state index is -3.90. The second kappa shape index (κ2) is 13.1. The van der Waals surface area contributed by atoms with E-state index in [0.29, 0.717) is 22.6 Å². The number of benzene rings is 3. The standard InChI is InChI=1S/C29H25N3O6S2/c33-28(10-4-7-21-31-19-5-1-6-20-31)39-27-9-3-2-8-26(27)29(34)30-22-11-15-24(16-12-22)40(37,38)25-17-13-23(14-18-25)32(35)36/h1-3,5-6,8-9,11-20H,4,7,10,21H2/p+1. The van der Waals surface area contributed by atoms with Gasteiger partial charge in [0, 0.05) is 47.7 Å². The van der Waals surface area contributed by atoms with Crippen LogP contribution in [0.1, 0.15) is 29.6 Å². The number of pyridine rings is 1. The van der Waals surface area contributed by atoms with Crippen molar-refractivity contribution in [2.75, 3.05) is 5.32 Å². The van der Waals surface area contributed by atoms with Crippen LogP contribution in [0.4, 0.5) is 11.4 Å². The number of nitrogens with zero attached hydrogens (tertiary/aromatic N) is 2. The molecule has 0 fully saturated rings. The van der Waals surface area contributed by atoms with Crippen LogP contribution < -0.4 is 9.88 Å². The minimum Gasteiger partial charge on any atom is -0.322 e. The fourth-order valence-corrected chi connectivity index (χ4v) is 6.03. The number of carbonyl (C=O) groups excluding carboxylic acids is 2. The Morgan fingerprint density at radius 1 is 0.825 bits per heavy atom. The first-order chi connectivity index (χ1) is 19.2. The first-order valence-electron chi connectivity index (χ1n) is 12.4. The van der Waals surface area contributed by atoms with Crippen LogP contribution in [0.5, 0.6) is 0 Å². The van der Waals surface area contributed by atoms with E-state index in [1.807, 2.05) is 30.6 Å². The smallest absolute Gasteiger partial charge is 0.269 e. The van der Waals surface area contributed by atoms with Gasteiger partial charge in [-0.1, -0.05) is 30.0 Å². The molecule has 0 aliphatic heterocycles. The molecule has 0 unspecified atom stereocenters. The van der Waals surface area contributed by atoms with E-state index in [-0.39, 0.29) is 20.6 Å². The molecule has 0 atom stereocenters. The number of nitrogens with one attached hydrogen (secondary N) is 1. The lowest BCUT2D eigenvalue weighted by atomic mass is 10.2. The lowest BCUT2D eigenvalue weighted by Gasteiger charge is -2.10. The molecule has 1 amide bonds. The van der Waals surface area contributed by atoms with E-state index in [1.54, 1.807) is 24.3 Å². The number of nitro groups is 1. The van der Waals surface area contributed by atoms with Gasteiger partial charge in [0.15, 0.2) is 17.5 Å². The normalized spacial score (nSPS) is 11.1. The summed E-state index contributed by atoms with van der Waals surface area (Å²) in [6.45, 7) is 0.825. The number of unbranched alkanes of at least 4 members (excludes halogenated alkanes) is 1. The first-order valence-corrected chi connectivity index (χ1v) is 14.7. The number of non-ortho nitro benzene ring substituents is 1. The van der Waals surface area contributed by atoms with Gasteiger partial charge in [0.05, 0.1) is 20.3 Å². The van der Waals surface area contributed by atoms with Crippen molar-refractivity contribution < 1.29 is 27.5 Å². The van der Waals surface area contributed by atoms with Gasteiger partial charge < -0.3 is 5.32 Å². The molecular weight excluding hydrogens is 550 g/mol. The van der Waals surface area contributed by atoms with Crippen LogP contribution in [0, 0.1) is 10.1 Å². The molecule has 3 aromatic carbocycles. The van der Waals surface area contributed by atoms with E-state index in [9.17, 15) is 28.1 Å². The van der Waals surface area contributed by atoms with Gasteiger partial charge in [0.1, 0.15) is 6.54 Å². The highest BCUT2D eigenvalue weighted by atomic mass is 32.2. The third-order valence-corrected chi connectivity index (χ3v) is 8.75. The van der Waals surface area contributed by atoms with Gasteiger partial charge in [0.2, 0.25) is 9.84 Å². The van der Waals surface area contributed by atoms with Gasteiger partial charge in [-0.25, -0.2) is 13.0 Å². The van der Waals surface area contributed by atoms with E-state index in [2.05, 4.69) is 9.88 Å². The Balaban J connectivity index is 1.36. The summed E-state index contributed by atoms with van der Waals surface area (Å²) in [5, 5.41) is 13.6. The molecular formula is C29H26N3O6S2+. The van der Waals surface area contributed by atoms with E-state index in [0.717, 1.165) is 43.3 Å². The van der Waals surface area contributed by atoms with Gasteiger partial charge >= 0.3 is 0 Å². The monoisotopic (exact) mass is 576 g/mol. The highest BCUT2D eigenvalue weighted by Crippen LogP contribution is 2.27. The Morgan fingerprint density at radius 2 is 1.45 bits per heavy atom. The van der Waals surface area contributed by atoms with Crippen LogP contribution in [-0.2, 0) is 21.2 Å². The Kier molecular flexibility index (Phi) is 9.41. The molecule has 9 nitrogen and oxygen atoms in total. The zero-order chi connectivity index (χ0) is 28.5. The largest absolute Gasteiger partial charge is 0.322 e. The SMILES string of the molecule is O=C(CCCC[n+]1ccccc1)Sc1ccccc1C(=O)Nc1ccc(S(=O)(=O)c2ccc([N+](=O)[O-])cc2)cc1. The molecule has 0 saturated heterocycles. The number of thioether (sulfide) groups is 1. The summed E-state index contributed by atoms with van der Waals surface area (Å²) in [4.78, 5) is 36.3. The maximum atomic E-state index is 13.0. The van der Waals surface area contributed by atoms with Crippen molar-refractivity contribution in [3.05, 3.63) is 119 Å². The zero-order valence-corrected chi connectivity index (χ0v) is 22.9. The van der Waals surface area contributed by atoms with Crippen LogP contribution in [0.3, 0.4) is 0 Å². The first kappa shape index (κ1) is 28.7. The highest BCUT2D eigenvalue weighted by Gasteiger charge is 2.20. The molecule has 1 N–H and O–H groups in total. The third-order valence-electron chi connectivity index (χ3n) is 5.96. The second-order valence-electron chi connectivity index (χ2n) is 8.77.